The summed E-state index contributed by atoms with van der Waals surface area (Å²) in [6, 6.07) is 1.98. The van der Waals surface area contributed by atoms with E-state index in [-0.39, 0.29) is 6.61 Å². The number of amides is 1. The molecule has 0 bridgehead atoms. The number of rotatable bonds is 9. The summed E-state index contributed by atoms with van der Waals surface area (Å²) in [6.45, 7) is 3.78. The van der Waals surface area contributed by atoms with Gasteiger partial charge in [-0.1, -0.05) is 6.92 Å². The summed E-state index contributed by atoms with van der Waals surface area (Å²) < 4.78 is 5.11. The summed E-state index contributed by atoms with van der Waals surface area (Å²) >= 11 is 1.57. The van der Waals surface area contributed by atoms with Crippen molar-refractivity contribution in [3.05, 3.63) is 11.4 Å². The smallest absolute Gasteiger partial charge is 0.243 e. The first-order chi connectivity index (χ1) is 10.2. The Balaban J connectivity index is 1.99. The van der Waals surface area contributed by atoms with Crippen molar-refractivity contribution in [2.75, 3.05) is 36.9 Å². The van der Waals surface area contributed by atoms with E-state index in [0.29, 0.717) is 19.1 Å². The number of anilines is 2. The molecule has 0 aromatic carbocycles. The molecule has 8 heteroatoms. The number of primary amides is 1. The zero-order valence-electron chi connectivity index (χ0n) is 11.9. The maximum absolute atomic E-state index is 10.6. The number of nitrogens with two attached hydrogens (primary N) is 1. The molecule has 0 unspecified atom stereocenters. The van der Waals surface area contributed by atoms with Gasteiger partial charge >= 0.3 is 0 Å². The van der Waals surface area contributed by atoms with Crippen LogP contribution in [0.5, 0.6) is 0 Å². The van der Waals surface area contributed by atoms with E-state index in [9.17, 15) is 4.79 Å². The van der Waals surface area contributed by atoms with Crippen LogP contribution in [-0.4, -0.2) is 42.2 Å². The molecule has 1 amide bonds. The summed E-state index contributed by atoms with van der Waals surface area (Å²) in [6.07, 6.45) is 1.01. The van der Waals surface area contributed by atoms with Crippen LogP contribution in [-0.2, 0) is 9.53 Å². The van der Waals surface area contributed by atoms with E-state index >= 15 is 0 Å². The molecule has 0 saturated heterocycles. The van der Waals surface area contributed by atoms with Gasteiger partial charge in [0.2, 0.25) is 11.9 Å². The molecule has 0 fully saturated rings. The van der Waals surface area contributed by atoms with Crippen LogP contribution in [0.1, 0.15) is 13.3 Å². The number of carbonyl (C=O) groups is 1. The molecule has 21 heavy (non-hydrogen) atoms. The van der Waals surface area contributed by atoms with Crippen LogP contribution in [0.25, 0.3) is 10.2 Å². The minimum atomic E-state index is -0.469. The molecule has 0 aliphatic carbocycles. The highest BCUT2D eigenvalue weighted by molar-refractivity contribution is 7.16. The van der Waals surface area contributed by atoms with Crippen molar-refractivity contribution in [2.45, 2.75) is 13.3 Å². The van der Waals surface area contributed by atoms with Crippen LogP contribution in [0.3, 0.4) is 0 Å². The molecule has 2 aromatic heterocycles. The zero-order chi connectivity index (χ0) is 15.1. The molecular formula is C13H19N5O2S. The van der Waals surface area contributed by atoms with E-state index in [2.05, 4.69) is 27.5 Å². The Morgan fingerprint density at radius 3 is 3.00 bits per heavy atom. The van der Waals surface area contributed by atoms with Gasteiger partial charge in [0.15, 0.2) is 0 Å². The van der Waals surface area contributed by atoms with Gasteiger partial charge in [0.25, 0.3) is 0 Å². The fourth-order valence-corrected chi connectivity index (χ4v) is 2.48. The number of thiophene rings is 1. The second kappa shape index (κ2) is 7.75. The average Bonchev–Trinajstić information content (AvgIpc) is 2.92. The minimum Gasteiger partial charge on any atom is -0.370 e. The molecular weight excluding hydrogens is 290 g/mol. The van der Waals surface area contributed by atoms with Crippen molar-refractivity contribution in [3.63, 3.8) is 0 Å². The number of hydrogen-bond donors (Lipinski definition) is 3. The van der Waals surface area contributed by atoms with Crippen molar-refractivity contribution < 1.29 is 9.53 Å². The van der Waals surface area contributed by atoms with Gasteiger partial charge in [0, 0.05) is 13.1 Å². The van der Waals surface area contributed by atoms with Gasteiger partial charge in [-0.2, -0.15) is 4.98 Å². The topological polar surface area (TPSA) is 102 Å². The van der Waals surface area contributed by atoms with E-state index in [0.717, 1.165) is 29.0 Å². The molecule has 7 nitrogen and oxygen atoms in total. The molecule has 4 N–H and O–H groups in total. The summed E-state index contributed by atoms with van der Waals surface area (Å²) in [5.74, 6) is 0.915. The number of aromatic nitrogens is 2. The summed E-state index contributed by atoms with van der Waals surface area (Å²) in [5, 5.41) is 9.36. The SMILES string of the molecule is CCCNc1nc(NCCOCC(N)=O)c2ccsc2n1. The van der Waals surface area contributed by atoms with Crippen LogP contribution in [0, 0.1) is 0 Å². The Kier molecular flexibility index (Phi) is 5.70. The van der Waals surface area contributed by atoms with E-state index in [4.69, 9.17) is 10.5 Å². The molecule has 114 valence electrons. The summed E-state index contributed by atoms with van der Waals surface area (Å²) in [5.41, 5.74) is 5.00. The van der Waals surface area contributed by atoms with Gasteiger partial charge in [0.1, 0.15) is 17.3 Å². The Hall–Kier alpha value is -1.93. The van der Waals surface area contributed by atoms with Crippen LogP contribution < -0.4 is 16.4 Å². The molecule has 0 radical (unpaired) electrons. The number of hydrogen-bond acceptors (Lipinski definition) is 7. The molecule has 0 aliphatic rings. The van der Waals surface area contributed by atoms with Crippen molar-refractivity contribution in [1.29, 1.82) is 0 Å². The van der Waals surface area contributed by atoms with Crippen molar-refractivity contribution in [1.82, 2.24) is 9.97 Å². The Labute approximate surface area is 126 Å². The molecule has 0 aliphatic heterocycles. The second-order valence-electron chi connectivity index (χ2n) is 4.41. The van der Waals surface area contributed by atoms with Gasteiger partial charge in [-0.05, 0) is 17.9 Å². The highest BCUT2D eigenvalue weighted by Crippen LogP contribution is 2.26. The summed E-state index contributed by atoms with van der Waals surface area (Å²) in [7, 11) is 0. The zero-order valence-corrected chi connectivity index (χ0v) is 12.7. The minimum absolute atomic E-state index is 0.0668. The first-order valence-electron chi connectivity index (χ1n) is 6.79. The third-order valence-corrected chi connectivity index (χ3v) is 3.45. The quantitative estimate of drug-likeness (QED) is 0.606. The molecule has 0 spiro atoms. The van der Waals surface area contributed by atoms with E-state index in [1.807, 2.05) is 11.4 Å². The third kappa shape index (κ3) is 4.54. The fraction of sp³-hybridized carbons (Fsp3) is 0.462. The standard InChI is InChI=1S/C13H19N5O2S/c1-2-4-16-13-17-11(9-3-7-21-12(9)18-13)15-5-6-20-8-10(14)19/h3,7H,2,4-6,8H2,1H3,(H2,14,19)(H2,15,16,17,18). The number of nitrogens with zero attached hydrogens (tertiary/aromatic N) is 2. The molecule has 0 saturated carbocycles. The van der Waals surface area contributed by atoms with Crippen molar-refractivity contribution >= 4 is 39.2 Å². The molecule has 2 rings (SSSR count). The lowest BCUT2D eigenvalue weighted by Gasteiger charge is -2.09. The lowest BCUT2D eigenvalue weighted by molar-refractivity contribution is -0.122. The average molecular weight is 309 g/mol. The van der Waals surface area contributed by atoms with Gasteiger partial charge in [0.05, 0.1) is 12.0 Å². The molecule has 2 heterocycles. The fourth-order valence-electron chi connectivity index (χ4n) is 1.72. The van der Waals surface area contributed by atoms with Crippen molar-refractivity contribution in [3.8, 4) is 0 Å². The lowest BCUT2D eigenvalue weighted by Crippen LogP contribution is -2.20. The van der Waals surface area contributed by atoms with Crippen LogP contribution in [0.2, 0.25) is 0 Å². The van der Waals surface area contributed by atoms with Crippen LogP contribution >= 0.6 is 11.3 Å². The normalized spacial score (nSPS) is 10.7. The number of ether oxygens (including phenoxy) is 1. The summed E-state index contributed by atoms with van der Waals surface area (Å²) in [4.78, 5) is 20.4. The second-order valence-corrected chi connectivity index (χ2v) is 5.30. The Morgan fingerprint density at radius 2 is 2.24 bits per heavy atom. The highest BCUT2D eigenvalue weighted by Gasteiger charge is 2.08. The first kappa shape index (κ1) is 15.5. The lowest BCUT2D eigenvalue weighted by atomic mass is 10.4. The number of fused-ring (bicyclic) bond motifs is 1. The van der Waals surface area contributed by atoms with Gasteiger partial charge in [-0.15, -0.1) is 11.3 Å². The van der Waals surface area contributed by atoms with Crippen LogP contribution in [0.4, 0.5) is 11.8 Å². The largest absolute Gasteiger partial charge is 0.370 e. The maximum Gasteiger partial charge on any atom is 0.243 e. The van der Waals surface area contributed by atoms with Gasteiger partial charge < -0.3 is 21.1 Å². The van der Waals surface area contributed by atoms with E-state index in [1.54, 1.807) is 11.3 Å². The van der Waals surface area contributed by atoms with E-state index < -0.39 is 5.91 Å². The number of carbonyl (C=O) groups excluding carboxylic acids is 1. The molecule has 0 atom stereocenters. The number of nitrogens with one attached hydrogen (secondary N) is 2. The van der Waals surface area contributed by atoms with E-state index in [1.165, 1.54) is 0 Å². The monoisotopic (exact) mass is 309 g/mol. The van der Waals surface area contributed by atoms with Crippen molar-refractivity contribution in [2.24, 2.45) is 5.73 Å². The maximum atomic E-state index is 10.6. The third-order valence-electron chi connectivity index (χ3n) is 2.64. The van der Waals surface area contributed by atoms with Crippen LogP contribution in [0.15, 0.2) is 11.4 Å². The van der Waals surface area contributed by atoms with Gasteiger partial charge in [-0.3, -0.25) is 4.79 Å². The Bertz CT molecular complexity index is 601. The first-order valence-corrected chi connectivity index (χ1v) is 7.67. The predicted octanol–water partition coefficient (Wildman–Crippen LogP) is 1.43. The molecule has 2 aromatic rings. The predicted molar refractivity (Wildman–Crippen MR) is 84.7 cm³/mol. The highest BCUT2D eigenvalue weighted by atomic mass is 32.1. The van der Waals surface area contributed by atoms with Gasteiger partial charge in [-0.25, -0.2) is 4.98 Å². The Morgan fingerprint density at radius 1 is 1.38 bits per heavy atom.